The summed E-state index contributed by atoms with van der Waals surface area (Å²) in [6.07, 6.45) is 5.70. The van der Waals surface area contributed by atoms with Crippen LogP contribution in [-0.4, -0.2) is 11.5 Å². The zero-order valence-electron chi connectivity index (χ0n) is 4.22. The quantitative estimate of drug-likeness (QED) is 0.485. The number of hydrogen-bond acceptors (Lipinski definition) is 2. The number of carbonyl (C=O) groups is 1. The Kier molecular flexibility index (Phi) is 2.58. The highest BCUT2D eigenvalue weighted by atomic mass is 16.1. The highest BCUT2D eigenvalue weighted by molar-refractivity contribution is 6.15. The second kappa shape index (κ2) is 2.97. The molecule has 0 saturated carbocycles. The standard InChI is InChI=1S/C6H5NO.CH4/c7-5-1-3-6(8)4-2-5;/h1-4,7H;1H4. The van der Waals surface area contributed by atoms with E-state index in [-0.39, 0.29) is 13.2 Å². The van der Waals surface area contributed by atoms with Gasteiger partial charge in [-0.05, 0) is 24.3 Å². The van der Waals surface area contributed by atoms with Crippen LogP contribution in [0.15, 0.2) is 24.3 Å². The van der Waals surface area contributed by atoms with Crippen molar-refractivity contribution < 1.29 is 4.79 Å². The van der Waals surface area contributed by atoms with Gasteiger partial charge in [0.25, 0.3) is 0 Å². The molecule has 0 aromatic rings. The van der Waals surface area contributed by atoms with Crippen LogP contribution >= 0.6 is 0 Å². The summed E-state index contributed by atoms with van der Waals surface area (Å²) in [6, 6.07) is 0. The van der Waals surface area contributed by atoms with Gasteiger partial charge in [0.05, 0.1) is 5.71 Å². The molecule has 1 aliphatic carbocycles. The van der Waals surface area contributed by atoms with Gasteiger partial charge in [-0.15, -0.1) is 0 Å². The molecule has 1 rings (SSSR count). The molecule has 9 heavy (non-hydrogen) atoms. The van der Waals surface area contributed by atoms with E-state index < -0.39 is 0 Å². The van der Waals surface area contributed by atoms with E-state index >= 15 is 0 Å². The van der Waals surface area contributed by atoms with Crippen LogP contribution in [-0.2, 0) is 4.79 Å². The Balaban J connectivity index is 0.000000640. The average molecular weight is 123 g/mol. The number of allylic oxidation sites excluding steroid dienone is 4. The van der Waals surface area contributed by atoms with Crippen LogP contribution < -0.4 is 0 Å². The van der Waals surface area contributed by atoms with E-state index in [1.807, 2.05) is 0 Å². The smallest absolute Gasteiger partial charge is 0.178 e. The summed E-state index contributed by atoms with van der Waals surface area (Å²) in [6.45, 7) is 0. The maximum atomic E-state index is 10.3. The molecule has 2 heteroatoms. The second-order valence-electron chi connectivity index (χ2n) is 1.52. The Morgan fingerprint density at radius 2 is 1.56 bits per heavy atom. The second-order valence-corrected chi connectivity index (χ2v) is 1.52. The summed E-state index contributed by atoms with van der Waals surface area (Å²) < 4.78 is 0. The lowest BCUT2D eigenvalue weighted by Gasteiger charge is -1.90. The lowest BCUT2D eigenvalue weighted by atomic mass is 10.2. The van der Waals surface area contributed by atoms with Gasteiger partial charge in [-0.1, -0.05) is 7.43 Å². The maximum Gasteiger partial charge on any atom is 0.178 e. The number of nitrogens with one attached hydrogen (secondary N) is 1. The first-order chi connectivity index (χ1) is 3.79. The maximum absolute atomic E-state index is 10.3. The van der Waals surface area contributed by atoms with Crippen molar-refractivity contribution in [3.63, 3.8) is 0 Å². The molecular weight excluding hydrogens is 114 g/mol. The van der Waals surface area contributed by atoms with Gasteiger partial charge in [-0.25, -0.2) is 0 Å². The van der Waals surface area contributed by atoms with Gasteiger partial charge in [-0.3, -0.25) is 4.79 Å². The molecule has 0 bridgehead atoms. The summed E-state index contributed by atoms with van der Waals surface area (Å²) in [4.78, 5) is 10.3. The monoisotopic (exact) mass is 123 g/mol. The van der Waals surface area contributed by atoms with E-state index in [9.17, 15) is 4.79 Å². The van der Waals surface area contributed by atoms with Crippen LogP contribution in [0.1, 0.15) is 7.43 Å². The fourth-order valence-corrected chi connectivity index (χ4v) is 0.455. The minimum atomic E-state index is -0.0407. The molecule has 0 radical (unpaired) electrons. The van der Waals surface area contributed by atoms with Crippen LogP contribution in [0.4, 0.5) is 0 Å². The van der Waals surface area contributed by atoms with E-state index in [2.05, 4.69) is 0 Å². The Bertz CT molecular complexity index is 151. The first-order valence-electron chi connectivity index (χ1n) is 2.28. The Morgan fingerprint density at radius 3 is 1.89 bits per heavy atom. The van der Waals surface area contributed by atoms with Gasteiger partial charge < -0.3 is 5.41 Å². The molecule has 0 aliphatic heterocycles. The predicted molar refractivity (Wildman–Crippen MR) is 37.7 cm³/mol. The molecule has 0 aromatic heterocycles. The van der Waals surface area contributed by atoms with Gasteiger partial charge in [0.15, 0.2) is 5.78 Å². The van der Waals surface area contributed by atoms with Gasteiger partial charge in [0.2, 0.25) is 0 Å². The first-order valence-corrected chi connectivity index (χ1v) is 2.28. The normalized spacial score (nSPS) is 15.6. The van der Waals surface area contributed by atoms with E-state index in [1.165, 1.54) is 24.3 Å². The van der Waals surface area contributed by atoms with Crippen molar-refractivity contribution in [1.82, 2.24) is 0 Å². The minimum absolute atomic E-state index is 0. The summed E-state index contributed by atoms with van der Waals surface area (Å²) in [5.74, 6) is -0.0407. The molecule has 0 atom stereocenters. The Hall–Kier alpha value is -1.18. The molecule has 0 heterocycles. The molecule has 0 aromatic carbocycles. The largest absolute Gasteiger partial charge is 0.301 e. The lowest BCUT2D eigenvalue weighted by Crippen LogP contribution is -1.96. The fourth-order valence-electron chi connectivity index (χ4n) is 0.455. The van der Waals surface area contributed by atoms with Crippen molar-refractivity contribution >= 4 is 11.5 Å². The topological polar surface area (TPSA) is 40.9 Å². The van der Waals surface area contributed by atoms with Crippen LogP contribution in [0.2, 0.25) is 0 Å². The van der Waals surface area contributed by atoms with Gasteiger partial charge in [0.1, 0.15) is 0 Å². The zero-order valence-corrected chi connectivity index (χ0v) is 4.22. The summed E-state index contributed by atoms with van der Waals surface area (Å²) >= 11 is 0. The number of hydrogen-bond donors (Lipinski definition) is 1. The number of carbonyl (C=O) groups excluding carboxylic acids is 1. The van der Waals surface area contributed by atoms with Gasteiger partial charge in [-0.2, -0.15) is 0 Å². The third-order valence-corrected chi connectivity index (χ3v) is 0.854. The van der Waals surface area contributed by atoms with Crippen molar-refractivity contribution in [3.8, 4) is 0 Å². The van der Waals surface area contributed by atoms with Crippen LogP contribution in [0.5, 0.6) is 0 Å². The summed E-state index contributed by atoms with van der Waals surface area (Å²) in [5, 5.41) is 6.95. The van der Waals surface area contributed by atoms with Crippen molar-refractivity contribution in [2.45, 2.75) is 7.43 Å². The Morgan fingerprint density at radius 1 is 1.11 bits per heavy atom. The molecule has 2 nitrogen and oxygen atoms in total. The molecule has 0 saturated heterocycles. The van der Waals surface area contributed by atoms with Crippen molar-refractivity contribution in [3.05, 3.63) is 24.3 Å². The highest BCUT2D eigenvalue weighted by Crippen LogP contribution is 1.91. The predicted octanol–water partition coefficient (Wildman–Crippen LogP) is 1.34. The van der Waals surface area contributed by atoms with Crippen molar-refractivity contribution in [2.24, 2.45) is 0 Å². The van der Waals surface area contributed by atoms with Crippen molar-refractivity contribution in [1.29, 1.82) is 5.41 Å². The Labute approximate surface area is 54.4 Å². The van der Waals surface area contributed by atoms with Gasteiger partial charge in [0, 0.05) is 0 Å². The van der Waals surface area contributed by atoms with Crippen LogP contribution in [0, 0.1) is 5.41 Å². The van der Waals surface area contributed by atoms with Crippen LogP contribution in [0.3, 0.4) is 0 Å². The highest BCUT2D eigenvalue weighted by Gasteiger charge is 1.94. The van der Waals surface area contributed by atoms with E-state index in [0.29, 0.717) is 5.71 Å². The number of rotatable bonds is 0. The molecular formula is C7H9NO. The summed E-state index contributed by atoms with van der Waals surface area (Å²) in [5.41, 5.74) is 0.379. The molecule has 0 fully saturated rings. The van der Waals surface area contributed by atoms with Crippen molar-refractivity contribution in [2.75, 3.05) is 0 Å². The third kappa shape index (κ3) is 2.04. The van der Waals surface area contributed by atoms with E-state index in [4.69, 9.17) is 5.41 Å². The zero-order chi connectivity index (χ0) is 5.98. The SMILES string of the molecule is C.N=C1C=CC(=O)C=C1. The van der Waals surface area contributed by atoms with E-state index in [0.717, 1.165) is 0 Å². The number of ketones is 1. The molecule has 48 valence electrons. The van der Waals surface area contributed by atoms with E-state index in [1.54, 1.807) is 0 Å². The minimum Gasteiger partial charge on any atom is -0.301 e. The molecule has 0 amide bonds. The van der Waals surface area contributed by atoms with Gasteiger partial charge >= 0.3 is 0 Å². The summed E-state index contributed by atoms with van der Waals surface area (Å²) in [7, 11) is 0. The molecule has 1 N–H and O–H groups in total. The molecule has 1 aliphatic rings. The first kappa shape index (κ1) is 7.82. The average Bonchev–Trinajstić information content (AvgIpc) is 1.77. The third-order valence-electron chi connectivity index (χ3n) is 0.854. The molecule has 0 spiro atoms. The lowest BCUT2D eigenvalue weighted by molar-refractivity contribution is -0.110. The molecule has 0 unspecified atom stereocenters. The fraction of sp³-hybridized carbons (Fsp3) is 0.143. The van der Waals surface area contributed by atoms with Crippen LogP contribution in [0.25, 0.3) is 0 Å².